The number of hydrogen-bond donors (Lipinski definition) is 2. The van der Waals surface area contributed by atoms with Crippen LogP contribution in [0.15, 0.2) is 46.6 Å². The number of amides is 1. The van der Waals surface area contributed by atoms with Gasteiger partial charge in [-0.1, -0.05) is 12.1 Å². The Bertz CT molecular complexity index is 983. The number of aromatic amines is 1. The average molecular weight is 385 g/mol. The number of H-pyrrole nitrogens is 1. The van der Waals surface area contributed by atoms with Gasteiger partial charge in [-0.2, -0.15) is 4.98 Å². The molecule has 3 rings (SSSR count). The SMILES string of the molecule is COc1ccc(CCNC(=O)c2cc(-c3cccs3)[nH]c(=O)n2)cc1OC. The van der Waals surface area contributed by atoms with Crippen LogP contribution in [0.5, 0.6) is 11.5 Å². The fourth-order valence-electron chi connectivity index (χ4n) is 2.59. The number of nitrogens with one attached hydrogen (secondary N) is 2. The van der Waals surface area contributed by atoms with E-state index in [2.05, 4.69) is 15.3 Å². The van der Waals surface area contributed by atoms with Crippen LogP contribution in [-0.2, 0) is 6.42 Å². The second-order valence-electron chi connectivity index (χ2n) is 5.66. The maximum absolute atomic E-state index is 12.4. The Labute approximate surface area is 160 Å². The number of nitrogens with zero attached hydrogens (tertiary/aromatic N) is 1. The number of benzene rings is 1. The van der Waals surface area contributed by atoms with Gasteiger partial charge < -0.3 is 19.8 Å². The average Bonchev–Trinajstić information content (AvgIpc) is 3.22. The van der Waals surface area contributed by atoms with Gasteiger partial charge in [-0.15, -0.1) is 11.3 Å². The molecule has 2 heterocycles. The lowest BCUT2D eigenvalue weighted by atomic mass is 10.1. The topological polar surface area (TPSA) is 93.3 Å². The predicted octanol–water partition coefficient (Wildman–Crippen LogP) is 2.49. The first-order valence-electron chi connectivity index (χ1n) is 8.25. The van der Waals surface area contributed by atoms with Gasteiger partial charge in [-0.05, 0) is 41.6 Å². The van der Waals surface area contributed by atoms with E-state index < -0.39 is 5.69 Å². The molecule has 3 aromatic rings. The van der Waals surface area contributed by atoms with Crippen molar-refractivity contribution < 1.29 is 14.3 Å². The van der Waals surface area contributed by atoms with Crippen molar-refractivity contribution in [2.45, 2.75) is 6.42 Å². The molecule has 8 heteroatoms. The molecule has 1 aromatic carbocycles. The quantitative estimate of drug-likeness (QED) is 0.652. The van der Waals surface area contributed by atoms with Crippen molar-refractivity contribution in [2.75, 3.05) is 20.8 Å². The lowest BCUT2D eigenvalue weighted by molar-refractivity contribution is 0.0948. The van der Waals surface area contributed by atoms with E-state index in [9.17, 15) is 9.59 Å². The molecular formula is C19H19N3O4S. The minimum absolute atomic E-state index is 0.0921. The van der Waals surface area contributed by atoms with Crippen LogP contribution in [0.2, 0.25) is 0 Å². The van der Waals surface area contributed by atoms with E-state index in [4.69, 9.17) is 9.47 Å². The van der Waals surface area contributed by atoms with E-state index in [1.165, 1.54) is 11.3 Å². The normalized spacial score (nSPS) is 10.4. The third-order valence-corrected chi connectivity index (χ3v) is 4.81. The maximum atomic E-state index is 12.4. The predicted molar refractivity (Wildman–Crippen MR) is 104 cm³/mol. The highest BCUT2D eigenvalue weighted by Gasteiger charge is 2.12. The molecule has 0 radical (unpaired) electrons. The van der Waals surface area contributed by atoms with Gasteiger partial charge in [0, 0.05) is 6.54 Å². The molecule has 1 amide bonds. The number of rotatable bonds is 7. The van der Waals surface area contributed by atoms with Gasteiger partial charge in [0.1, 0.15) is 5.69 Å². The van der Waals surface area contributed by atoms with Crippen LogP contribution in [0.1, 0.15) is 16.1 Å². The van der Waals surface area contributed by atoms with E-state index in [1.54, 1.807) is 20.3 Å². The number of carbonyl (C=O) groups is 1. The van der Waals surface area contributed by atoms with Crippen molar-refractivity contribution in [3.8, 4) is 22.1 Å². The van der Waals surface area contributed by atoms with E-state index in [1.807, 2.05) is 35.7 Å². The Morgan fingerprint density at radius 2 is 2.00 bits per heavy atom. The molecule has 27 heavy (non-hydrogen) atoms. The fourth-order valence-corrected chi connectivity index (χ4v) is 3.28. The molecule has 0 saturated heterocycles. The van der Waals surface area contributed by atoms with Gasteiger partial charge in [0.05, 0.1) is 24.8 Å². The molecule has 2 aromatic heterocycles. The first-order valence-corrected chi connectivity index (χ1v) is 9.13. The van der Waals surface area contributed by atoms with Crippen LogP contribution in [-0.4, -0.2) is 36.6 Å². The highest BCUT2D eigenvalue weighted by Crippen LogP contribution is 2.27. The number of ether oxygens (including phenoxy) is 2. The van der Waals surface area contributed by atoms with E-state index >= 15 is 0 Å². The summed E-state index contributed by atoms with van der Waals surface area (Å²) in [4.78, 5) is 31.4. The Morgan fingerprint density at radius 3 is 2.70 bits per heavy atom. The van der Waals surface area contributed by atoms with Gasteiger partial charge >= 0.3 is 5.69 Å². The molecule has 0 atom stereocenters. The van der Waals surface area contributed by atoms with Gasteiger partial charge in [-0.25, -0.2) is 4.79 Å². The Kier molecular flexibility index (Phi) is 5.87. The fraction of sp³-hybridized carbons (Fsp3) is 0.211. The summed E-state index contributed by atoms with van der Waals surface area (Å²) in [6.07, 6.45) is 0.604. The molecule has 0 spiro atoms. The van der Waals surface area contributed by atoms with Crippen LogP contribution in [0.3, 0.4) is 0 Å². The molecular weight excluding hydrogens is 366 g/mol. The summed E-state index contributed by atoms with van der Waals surface area (Å²) < 4.78 is 10.5. The smallest absolute Gasteiger partial charge is 0.346 e. The minimum atomic E-state index is -0.550. The highest BCUT2D eigenvalue weighted by molar-refractivity contribution is 7.13. The molecule has 0 saturated carbocycles. The standard InChI is InChI=1S/C19H19N3O4S/c1-25-15-6-5-12(10-16(15)26-2)7-8-20-18(23)14-11-13(21-19(24)22-14)17-4-3-9-27-17/h3-6,9-11H,7-8H2,1-2H3,(H,20,23)(H,21,22,24). The van der Waals surface area contributed by atoms with Crippen molar-refractivity contribution in [1.29, 1.82) is 0 Å². The summed E-state index contributed by atoms with van der Waals surface area (Å²) in [6, 6.07) is 10.9. The second kappa shape index (κ2) is 8.50. The maximum Gasteiger partial charge on any atom is 0.346 e. The Balaban J connectivity index is 1.65. The van der Waals surface area contributed by atoms with E-state index in [0.717, 1.165) is 10.4 Å². The highest BCUT2D eigenvalue weighted by atomic mass is 32.1. The number of thiophene rings is 1. The molecule has 0 aliphatic rings. The van der Waals surface area contributed by atoms with Crippen LogP contribution in [0, 0.1) is 0 Å². The van der Waals surface area contributed by atoms with Crippen molar-refractivity contribution in [2.24, 2.45) is 0 Å². The zero-order chi connectivity index (χ0) is 19.2. The summed E-state index contributed by atoms with van der Waals surface area (Å²) >= 11 is 1.47. The van der Waals surface area contributed by atoms with Crippen molar-refractivity contribution >= 4 is 17.2 Å². The summed E-state index contributed by atoms with van der Waals surface area (Å²) in [5, 5.41) is 4.69. The van der Waals surface area contributed by atoms with Crippen LogP contribution in [0.4, 0.5) is 0 Å². The first-order chi connectivity index (χ1) is 13.1. The molecule has 0 unspecified atom stereocenters. The minimum Gasteiger partial charge on any atom is -0.493 e. The summed E-state index contributed by atoms with van der Waals surface area (Å²) in [5.74, 6) is 0.900. The summed E-state index contributed by atoms with van der Waals surface area (Å²) in [7, 11) is 3.16. The summed E-state index contributed by atoms with van der Waals surface area (Å²) in [6.45, 7) is 0.400. The first kappa shape index (κ1) is 18.7. The van der Waals surface area contributed by atoms with E-state index in [0.29, 0.717) is 30.2 Å². The molecule has 7 nitrogen and oxygen atoms in total. The third kappa shape index (κ3) is 4.53. The number of aromatic nitrogens is 2. The number of hydrogen-bond acceptors (Lipinski definition) is 6. The van der Waals surface area contributed by atoms with Gasteiger partial charge in [-0.3, -0.25) is 4.79 Å². The summed E-state index contributed by atoms with van der Waals surface area (Å²) in [5.41, 5.74) is 1.11. The Hall–Kier alpha value is -3.13. The Morgan fingerprint density at radius 1 is 1.19 bits per heavy atom. The van der Waals surface area contributed by atoms with Gasteiger partial charge in [0.2, 0.25) is 0 Å². The van der Waals surface area contributed by atoms with Gasteiger partial charge in [0.25, 0.3) is 5.91 Å². The van der Waals surface area contributed by atoms with Gasteiger partial charge in [0.15, 0.2) is 11.5 Å². The lowest BCUT2D eigenvalue weighted by Gasteiger charge is -2.10. The second-order valence-corrected chi connectivity index (χ2v) is 6.61. The molecule has 0 fully saturated rings. The largest absolute Gasteiger partial charge is 0.493 e. The van der Waals surface area contributed by atoms with E-state index in [-0.39, 0.29) is 11.6 Å². The van der Waals surface area contributed by atoms with Crippen LogP contribution < -0.4 is 20.5 Å². The molecule has 0 aliphatic heterocycles. The third-order valence-electron chi connectivity index (χ3n) is 3.91. The molecule has 0 aliphatic carbocycles. The monoisotopic (exact) mass is 385 g/mol. The zero-order valence-corrected chi connectivity index (χ0v) is 15.8. The molecule has 140 valence electrons. The number of carbonyl (C=O) groups excluding carboxylic acids is 1. The van der Waals surface area contributed by atoms with Crippen molar-refractivity contribution in [1.82, 2.24) is 15.3 Å². The lowest BCUT2D eigenvalue weighted by Crippen LogP contribution is -2.29. The van der Waals surface area contributed by atoms with Crippen molar-refractivity contribution in [3.63, 3.8) is 0 Å². The molecule has 0 bridgehead atoms. The van der Waals surface area contributed by atoms with Crippen LogP contribution >= 0.6 is 11.3 Å². The van der Waals surface area contributed by atoms with Crippen molar-refractivity contribution in [3.05, 3.63) is 63.5 Å². The molecule has 2 N–H and O–H groups in total. The number of methoxy groups -OCH3 is 2. The zero-order valence-electron chi connectivity index (χ0n) is 14.9. The van der Waals surface area contributed by atoms with Crippen LogP contribution in [0.25, 0.3) is 10.6 Å².